The molecule has 2 aromatic rings. The van der Waals surface area contributed by atoms with Crippen LogP contribution in [0.2, 0.25) is 0 Å². The SMILES string of the molecule is NNC(=S)NC1N=C(c2ccccc2)c2ccccc2CC1=O. The second-order valence-corrected chi connectivity index (χ2v) is 5.57. The summed E-state index contributed by atoms with van der Waals surface area (Å²) in [7, 11) is 0. The van der Waals surface area contributed by atoms with E-state index in [9.17, 15) is 4.79 Å². The van der Waals surface area contributed by atoms with Crippen LogP contribution in [0.1, 0.15) is 16.7 Å². The Bertz CT molecular complexity index is 773. The summed E-state index contributed by atoms with van der Waals surface area (Å²) in [4.78, 5) is 17.1. The summed E-state index contributed by atoms with van der Waals surface area (Å²) in [5.74, 6) is 5.24. The van der Waals surface area contributed by atoms with Crippen molar-refractivity contribution in [3.8, 4) is 0 Å². The minimum absolute atomic E-state index is 0.0546. The van der Waals surface area contributed by atoms with Crippen LogP contribution in [0.25, 0.3) is 0 Å². The molecule has 5 nitrogen and oxygen atoms in total. The zero-order valence-electron chi connectivity index (χ0n) is 12.3. The fourth-order valence-electron chi connectivity index (χ4n) is 2.57. The van der Waals surface area contributed by atoms with Crippen LogP contribution < -0.4 is 16.6 Å². The Hall–Kier alpha value is -2.57. The Labute approximate surface area is 139 Å². The summed E-state index contributed by atoms with van der Waals surface area (Å²) in [6, 6.07) is 17.6. The largest absolute Gasteiger partial charge is 0.334 e. The van der Waals surface area contributed by atoms with Crippen LogP contribution in [0.3, 0.4) is 0 Å². The first kappa shape index (κ1) is 15.3. The van der Waals surface area contributed by atoms with Crippen molar-refractivity contribution in [3.63, 3.8) is 0 Å². The fourth-order valence-corrected chi connectivity index (χ4v) is 2.68. The molecule has 0 saturated carbocycles. The molecule has 4 N–H and O–H groups in total. The van der Waals surface area contributed by atoms with Crippen LogP contribution >= 0.6 is 12.2 Å². The number of nitrogens with one attached hydrogen (secondary N) is 2. The summed E-state index contributed by atoms with van der Waals surface area (Å²) in [5.41, 5.74) is 5.96. The Morgan fingerprint density at radius 2 is 1.83 bits per heavy atom. The van der Waals surface area contributed by atoms with Gasteiger partial charge in [-0.15, -0.1) is 0 Å². The molecule has 6 heteroatoms. The molecule has 1 unspecified atom stereocenters. The standard InChI is InChI=1S/C17H16N4OS/c18-21-17(23)20-16-14(22)10-12-8-4-5-9-13(12)15(19-16)11-6-2-1-3-7-11/h1-9,16H,10,18H2,(H2,20,21,23). The number of nitrogens with zero attached hydrogens (tertiary/aromatic N) is 1. The molecule has 116 valence electrons. The number of fused-ring (bicyclic) bond motifs is 1. The van der Waals surface area contributed by atoms with E-state index in [0.717, 1.165) is 22.4 Å². The monoisotopic (exact) mass is 324 g/mol. The summed E-state index contributed by atoms with van der Waals surface area (Å²) in [5, 5.41) is 3.04. The molecule has 0 saturated heterocycles. The van der Waals surface area contributed by atoms with Gasteiger partial charge in [0.05, 0.1) is 5.71 Å². The number of carbonyl (C=O) groups excluding carboxylic acids is 1. The molecule has 2 aromatic carbocycles. The van der Waals surface area contributed by atoms with E-state index >= 15 is 0 Å². The van der Waals surface area contributed by atoms with Crippen LogP contribution in [-0.4, -0.2) is 22.8 Å². The molecule has 0 aromatic heterocycles. The highest BCUT2D eigenvalue weighted by Crippen LogP contribution is 2.21. The molecule has 0 aliphatic carbocycles. The number of thiocarbonyl (C=S) groups is 1. The maximum atomic E-state index is 12.5. The average molecular weight is 324 g/mol. The predicted molar refractivity (Wildman–Crippen MR) is 94.1 cm³/mol. The second kappa shape index (κ2) is 6.68. The van der Waals surface area contributed by atoms with Gasteiger partial charge in [0.25, 0.3) is 0 Å². The normalized spacial score (nSPS) is 16.8. The minimum atomic E-state index is -0.763. The molecule has 0 radical (unpaired) electrons. The van der Waals surface area contributed by atoms with Gasteiger partial charge < -0.3 is 10.7 Å². The third-order valence-electron chi connectivity index (χ3n) is 3.65. The number of hydrazine groups is 1. The van der Waals surface area contributed by atoms with Crippen molar-refractivity contribution in [2.24, 2.45) is 10.8 Å². The van der Waals surface area contributed by atoms with E-state index in [1.54, 1.807) is 0 Å². The van der Waals surface area contributed by atoms with Crippen molar-refractivity contribution in [2.75, 3.05) is 0 Å². The first-order valence-electron chi connectivity index (χ1n) is 7.20. The van der Waals surface area contributed by atoms with Crippen LogP contribution in [0.4, 0.5) is 0 Å². The van der Waals surface area contributed by atoms with Gasteiger partial charge in [0, 0.05) is 17.5 Å². The van der Waals surface area contributed by atoms with E-state index in [1.165, 1.54) is 0 Å². The first-order valence-corrected chi connectivity index (χ1v) is 7.61. The number of hydrogen-bond acceptors (Lipinski definition) is 4. The van der Waals surface area contributed by atoms with Crippen LogP contribution in [0.15, 0.2) is 59.6 Å². The van der Waals surface area contributed by atoms with E-state index in [1.807, 2.05) is 54.6 Å². The summed E-state index contributed by atoms with van der Waals surface area (Å²) in [6.07, 6.45) is -0.470. The molecular formula is C17H16N4OS. The molecule has 0 amide bonds. The highest BCUT2D eigenvalue weighted by Gasteiger charge is 2.26. The Morgan fingerprint density at radius 3 is 2.57 bits per heavy atom. The number of carbonyl (C=O) groups is 1. The van der Waals surface area contributed by atoms with E-state index in [4.69, 9.17) is 18.1 Å². The lowest BCUT2D eigenvalue weighted by Crippen LogP contribution is -2.47. The highest BCUT2D eigenvalue weighted by molar-refractivity contribution is 7.80. The van der Waals surface area contributed by atoms with Gasteiger partial charge in [-0.05, 0) is 17.8 Å². The van der Waals surface area contributed by atoms with Gasteiger partial charge in [-0.2, -0.15) is 0 Å². The molecule has 1 heterocycles. The number of hydrogen-bond donors (Lipinski definition) is 3. The zero-order valence-corrected chi connectivity index (χ0v) is 13.1. The molecular weight excluding hydrogens is 308 g/mol. The van der Waals surface area contributed by atoms with E-state index in [-0.39, 0.29) is 10.9 Å². The molecule has 1 aliphatic heterocycles. The molecule has 1 aliphatic rings. The van der Waals surface area contributed by atoms with Crippen molar-refractivity contribution in [2.45, 2.75) is 12.6 Å². The molecule has 0 bridgehead atoms. The first-order chi connectivity index (χ1) is 11.2. The smallest absolute Gasteiger partial charge is 0.182 e. The predicted octanol–water partition coefficient (Wildman–Crippen LogP) is 1.31. The number of Topliss-reactive ketones (excluding diaryl/α,β-unsaturated/α-hetero) is 1. The van der Waals surface area contributed by atoms with Crippen LogP contribution in [0.5, 0.6) is 0 Å². The maximum Gasteiger partial charge on any atom is 0.182 e. The third-order valence-corrected chi connectivity index (χ3v) is 3.88. The Kier molecular flexibility index (Phi) is 4.45. The topological polar surface area (TPSA) is 79.5 Å². The number of nitrogens with two attached hydrogens (primary N) is 1. The molecule has 0 fully saturated rings. The average Bonchev–Trinajstić information content (AvgIpc) is 2.72. The van der Waals surface area contributed by atoms with Gasteiger partial charge in [-0.3, -0.25) is 9.79 Å². The van der Waals surface area contributed by atoms with Gasteiger partial charge in [0.15, 0.2) is 17.1 Å². The Morgan fingerprint density at radius 1 is 1.13 bits per heavy atom. The number of rotatable bonds is 2. The lowest BCUT2D eigenvalue weighted by atomic mass is 9.96. The van der Waals surface area contributed by atoms with E-state index < -0.39 is 6.17 Å². The minimum Gasteiger partial charge on any atom is -0.334 e. The molecule has 0 spiro atoms. The van der Waals surface area contributed by atoms with Crippen LogP contribution in [-0.2, 0) is 11.2 Å². The van der Waals surface area contributed by atoms with Crippen molar-refractivity contribution < 1.29 is 4.79 Å². The van der Waals surface area contributed by atoms with Crippen LogP contribution in [0, 0.1) is 0 Å². The van der Waals surface area contributed by atoms with Gasteiger partial charge in [-0.25, -0.2) is 5.84 Å². The van der Waals surface area contributed by atoms with Gasteiger partial charge in [-0.1, -0.05) is 54.6 Å². The van der Waals surface area contributed by atoms with Crippen molar-refractivity contribution in [1.29, 1.82) is 0 Å². The quantitative estimate of drug-likeness (QED) is 0.441. The third kappa shape index (κ3) is 3.28. The van der Waals surface area contributed by atoms with Gasteiger partial charge in [0.2, 0.25) is 0 Å². The second-order valence-electron chi connectivity index (χ2n) is 5.16. The maximum absolute atomic E-state index is 12.5. The summed E-state index contributed by atoms with van der Waals surface area (Å²) in [6.45, 7) is 0. The summed E-state index contributed by atoms with van der Waals surface area (Å²) >= 11 is 5.01. The number of benzene rings is 2. The molecule has 3 rings (SSSR count). The number of ketones is 1. The lowest BCUT2D eigenvalue weighted by Gasteiger charge is -2.14. The zero-order chi connectivity index (χ0) is 16.2. The van der Waals surface area contributed by atoms with E-state index in [2.05, 4.69) is 15.7 Å². The Balaban J connectivity index is 2.11. The number of aliphatic imine (C=N–C) groups is 1. The van der Waals surface area contributed by atoms with Crippen molar-refractivity contribution in [1.82, 2.24) is 10.7 Å². The highest BCUT2D eigenvalue weighted by atomic mass is 32.1. The van der Waals surface area contributed by atoms with Crippen molar-refractivity contribution in [3.05, 3.63) is 71.3 Å². The van der Waals surface area contributed by atoms with Crippen molar-refractivity contribution >= 4 is 28.8 Å². The fraction of sp³-hybridized carbons (Fsp3) is 0.118. The van der Waals surface area contributed by atoms with Gasteiger partial charge >= 0.3 is 0 Å². The lowest BCUT2D eigenvalue weighted by molar-refractivity contribution is -0.119. The van der Waals surface area contributed by atoms with Gasteiger partial charge in [0.1, 0.15) is 0 Å². The molecule has 23 heavy (non-hydrogen) atoms. The summed E-state index contributed by atoms with van der Waals surface area (Å²) < 4.78 is 0. The van der Waals surface area contributed by atoms with E-state index in [0.29, 0.717) is 6.42 Å². The molecule has 1 atom stereocenters.